The van der Waals surface area contributed by atoms with Crippen molar-refractivity contribution in [3.8, 4) is 5.75 Å². The molecule has 182 valence electrons. The molecule has 1 N–H and O–H groups in total. The summed E-state index contributed by atoms with van der Waals surface area (Å²) in [5.41, 5.74) is -1.73. The zero-order valence-electron chi connectivity index (χ0n) is 19.0. The lowest BCUT2D eigenvalue weighted by atomic mass is 9.83. The summed E-state index contributed by atoms with van der Waals surface area (Å²) >= 11 is 2.77. The third-order valence-corrected chi connectivity index (χ3v) is 9.10. The third-order valence-electron chi connectivity index (χ3n) is 7.14. The van der Waals surface area contributed by atoms with Gasteiger partial charge >= 0.3 is 5.97 Å². The average Bonchev–Trinajstić information content (AvgIpc) is 3.58. The van der Waals surface area contributed by atoms with E-state index in [0.717, 1.165) is 55.7 Å². The van der Waals surface area contributed by atoms with Crippen LogP contribution in [0.5, 0.6) is 5.75 Å². The van der Waals surface area contributed by atoms with Gasteiger partial charge in [0.05, 0.1) is 36.0 Å². The monoisotopic (exact) mass is 564 g/mol. The molecule has 3 aromatic rings. The van der Waals surface area contributed by atoms with Gasteiger partial charge in [-0.2, -0.15) is 0 Å². The zero-order chi connectivity index (χ0) is 22.7. The van der Waals surface area contributed by atoms with E-state index in [4.69, 9.17) is 9.47 Å². The molecule has 0 aliphatic carbocycles. The van der Waals surface area contributed by atoms with E-state index in [1.807, 2.05) is 65.4 Å². The molecule has 3 fully saturated rings. The lowest BCUT2D eigenvalue weighted by Gasteiger charge is -2.52. The summed E-state index contributed by atoms with van der Waals surface area (Å²) in [6.07, 6.45) is 2.94. The summed E-state index contributed by atoms with van der Waals surface area (Å²) in [6.45, 7) is 4.79. The van der Waals surface area contributed by atoms with Crippen molar-refractivity contribution < 1.29 is 23.9 Å². The third kappa shape index (κ3) is 5.11. The number of thiophene rings is 2. The van der Waals surface area contributed by atoms with E-state index in [-0.39, 0.29) is 23.1 Å². The standard InChI is InChI=1S/C26H30NO4S2.BrH/c28-25(26(29,23-9-4-17-32-23)24-10-5-18-33-24)31-22-19-27(14-11-20(22)12-15-27)13-6-16-30-21-7-2-1-3-8-21;/h1-5,7-10,17-18,20,22,29H,6,11-16,19H2;1H/q+1;/t20?,22-,27?;/m0./s1. The number of aliphatic hydroxyl groups is 1. The highest BCUT2D eigenvalue weighted by Crippen LogP contribution is 2.40. The molecule has 3 aliphatic heterocycles. The normalized spacial score (nSPS) is 23.8. The molecule has 0 saturated carbocycles. The Kier molecular flexibility index (Phi) is 8.15. The van der Waals surface area contributed by atoms with Gasteiger partial charge in [-0.1, -0.05) is 30.3 Å². The number of esters is 1. The van der Waals surface area contributed by atoms with Gasteiger partial charge in [-0.25, -0.2) is 4.79 Å². The molecule has 1 atom stereocenters. The minimum absolute atomic E-state index is 0. The Morgan fingerprint density at radius 1 is 1.00 bits per heavy atom. The largest absolute Gasteiger partial charge is 0.493 e. The lowest BCUT2D eigenvalue weighted by molar-refractivity contribution is -0.946. The van der Waals surface area contributed by atoms with E-state index in [1.54, 1.807) is 0 Å². The number of hydrogen-bond acceptors (Lipinski definition) is 6. The van der Waals surface area contributed by atoms with Crippen molar-refractivity contribution in [2.75, 3.05) is 32.8 Å². The highest BCUT2D eigenvalue weighted by molar-refractivity contribution is 8.93. The number of ether oxygens (including phenoxy) is 2. The van der Waals surface area contributed by atoms with Gasteiger partial charge in [0.15, 0.2) is 6.10 Å². The number of carbonyl (C=O) groups excluding carboxylic acids is 1. The van der Waals surface area contributed by atoms with E-state index in [0.29, 0.717) is 22.3 Å². The number of carbonyl (C=O) groups is 1. The highest BCUT2D eigenvalue weighted by atomic mass is 79.9. The van der Waals surface area contributed by atoms with Gasteiger partial charge in [-0.15, -0.1) is 39.7 Å². The van der Waals surface area contributed by atoms with E-state index in [2.05, 4.69) is 0 Å². The Morgan fingerprint density at radius 2 is 1.65 bits per heavy atom. The van der Waals surface area contributed by atoms with Crippen LogP contribution in [-0.4, -0.2) is 54.4 Å². The van der Waals surface area contributed by atoms with Gasteiger partial charge in [0.2, 0.25) is 5.60 Å². The first-order valence-corrected chi connectivity index (χ1v) is 13.4. The Morgan fingerprint density at radius 3 is 2.24 bits per heavy atom. The first-order chi connectivity index (χ1) is 16.1. The predicted octanol–water partition coefficient (Wildman–Crippen LogP) is 5.24. The number of quaternary nitrogens is 1. The number of benzene rings is 1. The second-order valence-corrected chi connectivity index (χ2v) is 11.1. The Bertz CT molecular complexity index is 1000. The number of hydrogen-bond donors (Lipinski definition) is 1. The first-order valence-electron chi connectivity index (χ1n) is 11.6. The molecular weight excluding hydrogens is 534 g/mol. The fourth-order valence-electron chi connectivity index (χ4n) is 5.29. The number of rotatable bonds is 9. The first kappa shape index (κ1) is 25.4. The van der Waals surface area contributed by atoms with Crippen LogP contribution in [-0.2, 0) is 15.1 Å². The SMILES string of the molecule is Br.O=C(O[C@H]1C[N+]2(CCCOc3ccccc3)CCC1CC2)C(O)(c1cccs1)c1cccs1. The van der Waals surface area contributed by atoms with E-state index < -0.39 is 11.6 Å². The lowest BCUT2D eigenvalue weighted by Crippen LogP contribution is -2.65. The quantitative estimate of drug-likeness (QED) is 0.219. The fraction of sp³-hybridized carbons (Fsp3) is 0.423. The van der Waals surface area contributed by atoms with E-state index >= 15 is 0 Å². The van der Waals surface area contributed by atoms with E-state index in [9.17, 15) is 9.90 Å². The molecule has 5 heterocycles. The minimum atomic E-state index is -1.73. The molecule has 34 heavy (non-hydrogen) atoms. The molecule has 6 rings (SSSR count). The maximum Gasteiger partial charge on any atom is 0.349 e. The van der Waals surface area contributed by atoms with Crippen molar-refractivity contribution in [2.24, 2.45) is 5.92 Å². The topological polar surface area (TPSA) is 55.8 Å². The van der Waals surface area contributed by atoms with Crippen molar-refractivity contribution >= 4 is 45.6 Å². The maximum atomic E-state index is 13.4. The molecule has 2 aromatic heterocycles. The molecule has 2 bridgehead atoms. The van der Waals surface area contributed by atoms with Crippen LogP contribution in [0.3, 0.4) is 0 Å². The number of piperidine rings is 3. The van der Waals surface area contributed by atoms with Gasteiger partial charge in [-0.05, 0) is 35.0 Å². The minimum Gasteiger partial charge on any atom is -0.493 e. The average molecular weight is 566 g/mol. The van der Waals surface area contributed by atoms with Gasteiger partial charge in [0.25, 0.3) is 0 Å². The van der Waals surface area contributed by atoms with Gasteiger partial charge in [0, 0.05) is 25.2 Å². The van der Waals surface area contributed by atoms with Crippen molar-refractivity contribution in [3.63, 3.8) is 0 Å². The summed E-state index contributed by atoms with van der Waals surface area (Å²) in [5.74, 6) is 0.741. The second kappa shape index (κ2) is 10.9. The molecule has 0 unspecified atom stereocenters. The van der Waals surface area contributed by atoms with Crippen LogP contribution in [0, 0.1) is 5.92 Å². The molecule has 1 aromatic carbocycles. The summed E-state index contributed by atoms with van der Waals surface area (Å²) in [7, 11) is 0. The molecule has 8 heteroatoms. The van der Waals surface area contributed by atoms with Gasteiger partial charge in [0.1, 0.15) is 12.3 Å². The molecule has 0 radical (unpaired) electrons. The summed E-state index contributed by atoms with van der Waals surface area (Å²) < 4.78 is 13.0. The van der Waals surface area contributed by atoms with Crippen LogP contribution < -0.4 is 4.74 Å². The summed E-state index contributed by atoms with van der Waals surface area (Å²) in [5, 5.41) is 15.3. The van der Waals surface area contributed by atoms with Crippen LogP contribution in [0.1, 0.15) is 29.0 Å². The number of fused-ring (bicyclic) bond motifs is 3. The molecule has 0 amide bonds. The number of para-hydroxylation sites is 1. The van der Waals surface area contributed by atoms with Gasteiger partial charge < -0.3 is 19.1 Å². The predicted molar refractivity (Wildman–Crippen MR) is 141 cm³/mol. The molecule has 3 saturated heterocycles. The van der Waals surface area contributed by atoms with Gasteiger partial charge in [-0.3, -0.25) is 0 Å². The summed E-state index contributed by atoms with van der Waals surface area (Å²) in [4.78, 5) is 14.7. The highest BCUT2D eigenvalue weighted by Gasteiger charge is 2.51. The van der Waals surface area contributed by atoms with Crippen LogP contribution in [0.15, 0.2) is 65.4 Å². The Balaban J connectivity index is 0.00000274. The molecular formula is C26H31BrNO4S2+. The fourth-order valence-corrected chi connectivity index (χ4v) is 7.00. The van der Waals surface area contributed by atoms with Crippen molar-refractivity contribution in [3.05, 3.63) is 75.1 Å². The molecule has 3 aliphatic rings. The van der Waals surface area contributed by atoms with Crippen molar-refractivity contribution in [1.29, 1.82) is 0 Å². The van der Waals surface area contributed by atoms with E-state index in [1.165, 1.54) is 22.7 Å². The van der Waals surface area contributed by atoms with Crippen molar-refractivity contribution in [2.45, 2.75) is 31.0 Å². The van der Waals surface area contributed by atoms with Crippen LogP contribution in [0.25, 0.3) is 0 Å². The Hall–Kier alpha value is -1.71. The second-order valence-electron chi connectivity index (χ2n) is 9.16. The smallest absolute Gasteiger partial charge is 0.349 e. The van der Waals surface area contributed by atoms with Crippen LogP contribution >= 0.6 is 39.7 Å². The van der Waals surface area contributed by atoms with Crippen molar-refractivity contribution in [1.82, 2.24) is 0 Å². The molecule has 5 nitrogen and oxygen atoms in total. The summed E-state index contributed by atoms with van der Waals surface area (Å²) in [6, 6.07) is 17.3. The molecule has 0 spiro atoms. The zero-order valence-corrected chi connectivity index (χ0v) is 22.4. The number of halogens is 1. The maximum absolute atomic E-state index is 13.4. The van der Waals surface area contributed by atoms with Crippen LogP contribution in [0.2, 0.25) is 0 Å². The Labute approximate surface area is 219 Å². The van der Waals surface area contributed by atoms with Crippen LogP contribution in [0.4, 0.5) is 0 Å². The number of nitrogens with zero attached hydrogens (tertiary/aromatic N) is 1.